The second-order valence-electron chi connectivity index (χ2n) is 3.88. The maximum atomic E-state index is 10.9. The number of benzene rings is 1. The van der Waals surface area contributed by atoms with Crippen LogP contribution >= 0.6 is 0 Å². The van der Waals surface area contributed by atoms with Gasteiger partial charge in [-0.2, -0.15) is 5.26 Å². The van der Waals surface area contributed by atoms with Crippen molar-refractivity contribution >= 4 is 17.3 Å². The van der Waals surface area contributed by atoms with Crippen LogP contribution in [0.4, 0.5) is 17.3 Å². The van der Waals surface area contributed by atoms with E-state index < -0.39 is 4.92 Å². The molecule has 0 saturated carbocycles. The lowest BCUT2D eigenvalue weighted by Crippen LogP contribution is -2.08. The molecule has 1 heterocycles. The summed E-state index contributed by atoms with van der Waals surface area (Å²) >= 11 is 0. The number of nitrogens with two attached hydrogens (primary N) is 1. The molecule has 0 aliphatic carbocycles. The van der Waals surface area contributed by atoms with Crippen LogP contribution < -0.4 is 11.1 Å². The summed E-state index contributed by atoms with van der Waals surface area (Å²) < 4.78 is 0. The molecule has 0 aliphatic heterocycles. The first kappa shape index (κ1) is 13.2. The maximum Gasteiger partial charge on any atom is 0.352 e. The molecule has 100 valence electrons. The van der Waals surface area contributed by atoms with E-state index in [0.29, 0.717) is 12.1 Å². The molecule has 0 aliphatic rings. The van der Waals surface area contributed by atoms with Crippen LogP contribution in [-0.4, -0.2) is 14.9 Å². The molecule has 2 aromatic rings. The van der Waals surface area contributed by atoms with Crippen molar-refractivity contribution < 1.29 is 4.92 Å². The molecule has 0 radical (unpaired) electrons. The normalized spacial score (nSPS) is 9.75. The number of rotatable bonds is 4. The fraction of sp³-hybridized carbons (Fsp3) is 0.0833. The maximum absolute atomic E-state index is 10.9. The highest BCUT2D eigenvalue weighted by Gasteiger charge is 2.20. The molecule has 0 atom stereocenters. The van der Waals surface area contributed by atoms with Crippen LogP contribution in [0.25, 0.3) is 0 Å². The Morgan fingerprint density at radius 2 is 2.05 bits per heavy atom. The van der Waals surface area contributed by atoms with E-state index in [1.165, 1.54) is 0 Å². The molecule has 2 rings (SSSR count). The molecule has 8 heteroatoms. The van der Waals surface area contributed by atoms with Gasteiger partial charge in [0.25, 0.3) is 0 Å². The minimum absolute atomic E-state index is 0.0619. The van der Waals surface area contributed by atoms with E-state index in [0.717, 1.165) is 11.9 Å². The van der Waals surface area contributed by atoms with Crippen LogP contribution in [-0.2, 0) is 6.54 Å². The van der Waals surface area contributed by atoms with Gasteiger partial charge in [-0.05, 0) is 17.7 Å². The number of hydrogen-bond acceptors (Lipinski definition) is 7. The van der Waals surface area contributed by atoms with Crippen molar-refractivity contribution in [3.05, 3.63) is 51.8 Å². The highest BCUT2D eigenvalue weighted by atomic mass is 16.6. The second kappa shape index (κ2) is 5.62. The molecular formula is C12H10N6O2. The minimum Gasteiger partial charge on any atom is -0.378 e. The molecule has 0 fully saturated rings. The zero-order valence-corrected chi connectivity index (χ0v) is 10.3. The van der Waals surface area contributed by atoms with E-state index in [1.807, 2.05) is 6.07 Å². The zero-order chi connectivity index (χ0) is 14.5. The lowest BCUT2D eigenvalue weighted by Gasteiger charge is -2.06. The topological polar surface area (TPSA) is 131 Å². The summed E-state index contributed by atoms with van der Waals surface area (Å²) in [4.78, 5) is 17.7. The molecule has 0 bridgehead atoms. The Hall–Kier alpha value is -3.21. The van der Waals surface area contributed by atoms with Crippen LogP contribution in [0.1, 0.15) is 11.1 Å². The summed E-state index contributed by atoms with van der Waals surface area (Å²) in [6, 6.07) is 8.85. The highest BCUT2D eigenvalue weighted by molar-refractivity contribution is 5.67. The lowest BCUT2D eigenvalue weighted by atomic mass is 10.1. The van der Waals surface area contributed by atoms with Gasteiger partial charge in [-0.3, -0.25) is 10.1 Å². The van der Waals surface area contributed by atoms with Gasteiger partial charge in [-0.15, -0.1) is 0 Å². The fourth-order valence-corrected chi connectivity index (χ4v) is 1.58. The van der Waals surface area contributed by atoms with Crippen LogP contribution in [0.15, 0.2) is 30.6 Å². The van der Waals surface area contributed by atoms with Gasteiger partial charge in [0.15, 0.2) is 0 Å². The highest BCUT2D eigenvalue weighted by Crippen LogP contribution is 2.26. The summed E-state index contributed by atoms with van der Waals surface area (Å²) in [6.45, 7) is 0.322. The van der Waals surface area contributed by atoms with Crippen molar-refractivity contribution in [3.8, 4) is 6.07 Å². The third kappa shape index (κ3) is 2.78. The van der Waals surface area contributed by atoms with Crippen LogP contribution in [0.2, 0.25) is 0 Å². The predicted molar refractivity (Wildman–Crippen MR) is 71.6 cm³/mol. The van der Waals surface area contributed by atoms with Crippen molar-refractivity contribution in [3.63, 3.8) is 0 Å². The number of anilines is 2. The molecule has 0 spiro atoms. The molecule has 3 N–H and O–H groups in total. The summed E-state index contributed by atoms with van der Waals surface area (Å²) in [5, 5.41) is 22.4. The van der Waals surface area contributed by atoms with Crippen molar-refractivity contribution in [1.82, 2.24) is 9.97 Å². The predicted octanol–water partition coefficient (Wildman–Crippen LogP) is 1.45. The summed E-state index contributed by atoms with van der Waals surface area (Å²) in [6.07, 6.45) is 1.16. The lowest BCUT2D eigenvalue weighted by molar-refractivity contribution is -0.383. The molecule has 0 saturated heterocycles. The van der Waals surface area contributed by atoms with E-state index >= 15 is 0 Å². The standard InChI is InChI=1S/C12H10N6O2/c13-5-8-1-3-9(4-2-8)6-15-12-10(18(19)20)11(14)16-7-17-12/h1-4,7H,6H2,(H3,14,15,16,17). The van der Waals surface area contributed by atoms with Gasteiger partial charge in [-0.25, -0.2) is 9.97 Å². The first-order valence-corrected chi connectivity index (χ1v) is 5.59. The SMILES string of the molecule is N#Cc1ccc(CNc2ncnc(N)c2[N+](=O)[O-])cc1. The second-order valence-corrected chi connectivity index (χ2v) is 3.88. The van der Waals surface area contributed by atoms with Gasteiger partial charge < -0.3 is 11.1 Å². The number of hydrogen-bond donors (Lipinski definition) is 2. The number of nitro groups is 1. The van der Waals surface area contributed by atoms with E-state index in [2.05, 4.69) is 15.3 Å². The number of nitrogens with one attached hydrogen (secondary N) is 1. The number of nitrogen functional groups attached to an aromatic ring is 1. The fourth-order valence-electron chi connectivity index (χ4n) is 1.58. The van der Waals surface area contributed by atoms with Crippen molar-refractivity contribution in [1.29, 1.82) is 5.26 Å². The molecule has 1 aromatic carbocycles. The van der Waals surface area contributed by atoms with Crippen LogP contribution in [0, 0.1) is 21.4 Å². The Kier molecular flexibility index (Phi) is 3.72. The minimum atomic E-state index is -0.629. The Morgan fingerprint density at radius 1 is 1.35 bits per heavy atom. The molecule has 20 heavy (non-hydrogen) atoms. The summed E-state index contributed by atoms with van der Waals surface area (Å²) in [7, 11) is 0. The zero-order valence-electron chi connectivity index (χ0n) is 10.3. The largest absolute Gasteiger partial charge is 0.378 e. The van der Waals surface area contributed by atoms with Crippen molar-refractivity contribution in [2.45, 2.75) is 6.54 Å². The van der Waals surface area contributed by atoms with Gasteiger partial charge in [0, 0.05) is 6.54 Å². The quantitative estimate of drug-likeness (QED) is 0.634. The van der Waals surface area contributed by atoms with E-state index in [9.17, 15) is 10.1 Å². The van der Waals surface area contributed by atoms with Gasteiger partial charge in [0.05, 0.1) is 16.6 Å². The first-order valence-electron chi connectivity index (χ1n) is 5.59. The average molecular weight is 270 g/mol. The van der Waals surface area contributed by atoms with Crippen LogP contribution in [0.3, 0.4) is 0 Å². The van der Waals surface area contributed by atoms with Gasteiger partial charge in [0.2, 0.25) is 11.6 Å². The average Bonchev–Trinajstić information content (AvgIpc) is 2.45. The molecule has 1 aromatic heterocycles. The third-order valence-electron chi connectivity index (χ3n) is 2.58. The summed E-state index contributed by atoms with van der Waals surface area (Å²) in [5.74, 6) is -0.126. The first-order chi connectivity index (χ1) is 9.61. The monoisotopic (exact) mass is 270 g/mol. The number of aromatic nitrogens is 2. The smallest absolute Gasteiger partial charge is 0.352 e. The Bertz CT molecular complexity index is 677. The molecule has 8 nitrogen and oxygen atoms in total. The van der Waals surface area contributed by atoms with Gasteiger partial charge >= 0.3 is 5.69 Å². The van der Waals surface area contributed by atoms with Gasteiger partial charge in [0.1, 0.15) is 6.33 Å². The molecular weight excluding hydrogens is 260 g/mol. The van der Waals surface area contributed by atoms with Crippen molar-refractivity contribution in [2.75, 3.05) is 11.1 Å². The molecule has 0 unspecified atom stereocenters. The number of nitrogens with zero attached hydrogens (tertiary/aromatic N) is 4. The van der Waals surface area contributed by atoms with E-state index in [4.69, 9.17) is 11.0 Å². The third-order valence-corrected chi connectivity index (χ3v) is 2.58. The Labute approximate surface area is 114 Å². The Morgan fingerprint density at radius 3 is 2.65 bits per heavy atom. The Balaban J connectivity index is 2.16. The summed E-state index contributed by atoms with van der Waals surface area (Å²) in [5.41, 5.74) is 6.52. The van der Waals surface area contributed by atoms with Crippen LogP contribution in [0.5, 0.6) is 0 Å². The number of nitriles is 1. The van der Waals surface area contributed by atoms with E-state index in [1.54, 1.807) is 24.3 Å². The molecule has 0 amide bonds. The van der Waals surface area contributed by atoms with Crippen molar-refractivity contribution in [2.24, 2.45) is 0 Å². The van der Waals surface area contributed by atoms with E-state index in [-0.39, 0.29) is 17.3 Å². The van der Waals surface area contributed by atoms with Gasteiger partial charge in [-0.1, -0.05) is 12.1 Å².